The zero-order chi connectivity index (χ0) is 19.5. The Morgan fingerprint density at radius 2 is 2.04 bits per heavy atom. The van der Waals surface area contributed by atoms with Crippen LogP contribution in [-0.2, 0) is 20.5 Å². The van der Waals surface area contributed by atoms with E-state index in [0.717, 1.165) is 37.1 Å². The summed E-state index contributed by atoms with van der Waals surface area (Å²) in [6, 6.07) is 1.90. The predicted molar refractivity (Wildman–Crippen MR) is 87.0 cm³/mol. The molecular formula is C15H11F4N3O3S. The summed E-state index contributed by atoms with van der Waals surface area (Å²) in [6.07, 6.45) is -3.23. The first-order valence-corrected chi connectivity index (χ1v) is 7.71. The van der Waals surface area contributed by atoms with Crippen molar-refractivity contribution >= 4 is 35.0 Å². The Morgan fingerprint density at radius 3 is 2.65 bits per heavy atom. The molecule has 1 aliphatic heterocycles. The van der Waals surface area contributed by atoms with Gasteiger partial charge in [-0.25, -0.2) is 9.18 Å². The molecule has 1 aliphatic rings. The van der Waals surface area contributed by atoms with E-state index in [2.05, 4.69) is 20.3 Å². The minimum Gasteiger partial charge on any atom is -0.466 e. The van der Waals surface area contributed by atoms with Crippen LogP contribution in [0.2, 0.25) is 0 Å². The summed E-state index contributed by atoms with van der Waals surface area (Å²) in [6.45, 7) is 1.20. The second-order valence-corrected chi connectivity index (χ2v) is 5.92. The predicted octanol–water partition coefficient (Wildman–Crippen LogP) is 2.76. The van der Waals surface area contributed by atoms with Crippen molar-refractivity contribution < 1.29 is 31.9 Å². The molecule has 1 fully saturated rings. The van der Waals surface area contributed by atoms with E-state index in [1.165, 1.54) is 6.92 Å². The molecule has 0 atom stereocenters. The molecule has 11 heteroatoms. The first kappa shape index (κ1) is 19.6. The smallest absolute Gasteiger partial charge is 0.417 e. The lowest BCUT2D eigenvalue weighted by molar-refractivity contribution is -0.138. The van der Waals surface area contributed by atoms with Gasteiger partial charge in [0.15, 0.2) is 5.17 Å². The lowest BCUT2D eigenvalue weighted by Crippen LogP contribution is -2.19. The van der Waals surface area contributed by atoms with Gasteiger partial charge in [-0.2, -0.15) is 18.3 Å². The number of methoxy groups -OCH3 is 1. The van der Waals surface area contributed by atoms with Crippen molar-refractivity contribution in [2.45, 2.75) is 13.1 Å². The summed E-state index contributed by atoms with van der Waals surface area (Å²) in [5, 5.41) is 9.13. The molecule has 1 aromatic rings. The van der Waals surface area contributed by atoms with Crippen LogP contribution in [0.3, 0.4) is 0 Å². The highest BCUT2D eigenvalue weighted by Crippen LogP contribution is 2.35. The van der Waals surface area contributed by atoms with Crippen LogP contribution in [0.15, 0.2) is 33.3 Å². The molecule has 1 amide bonds. The zero-order valence-corrected chi connectivity index (χ0v) is 14.2. The Labute approximate surface area is 149 Å². The van der Waals surface area contributed by atoms with Gasteiger partial charge in [0.25, 0.3) is 5.91 Å². The Morgan fingerprint density at radius 1 is 1.35 bits per heavy atom. The van der Waals surface area contributed by atoms with Gasteiger partial charge in [-0.1, -0.05) is 6.07 Å². The second kappa shape index (κ2) is 7.68. The molecule has 26 heavy (non-hydrogen) atoms. The van der Waals surface area contributed by atoms with Crippen LogP contribution in [0.5, 0.6) is 0 Å². The summed E-state index contributed by atoms with van der Waals surface area (Å²) in [7, 11) is 1.13. The van der Waals surface area contributed by atoms with Gasteiger partial charge in [0.1, 0.15) is 5.82 Å². The minimum absolute atomic E-state index is 0.0245. The fourth-order valence-corrected chi connectivity index (χ4v) is 2.72. The molecule has 6 nitrogen and oxygen atoms in total. The molecule has 0 aliphatic carbocycles. The Kier molecular flexibility index (Phi) is 5.80. The quantitative estimate of drug-likeness (QED) is 0.283. The van der Waals surface area contributed by atoms with E-state index >= 15 is 0 Å². The number of aryl methyl sites for hydroxylation is 1. The molecule has 138 valence electrons. The average molecular weight is 389 g/mol. The van der Waals surface area contributed by atoms with Crippen LogP contribution < -0.4 is 5.32 Å². The van der Waals surface area contributed by atoms with Gasteiger partial charge in [-0.3, -0.25) is 10.1 Å². The van der Waals surface area contributed by atoms with Crippen molar-refractivity contribution in [2.75, 3.05) is 7.11 Å². The van der Waals surface area contributed by atoms with E-state index in [9.17, 15) is 27.2 Å². The van der Waals surface area contributed by atoms with E-state index in [4.69, 9.17) is 0 Å². The number of halogens is 4. The van der Waals surface area contributed by atoms with Crippen molar-refractivity contribution in [3.63, 3.8) is 0 Å². The largest absolute Gasteiger partial charge is 0.466 e. The third-order valence-electron chi connectivity index (χ3n) is 3.12. The van der Waals surface area contributed by atoms with Gasteiger partial charge in [0.2, 0.25) is 0 Å². The zero-order valence-electron chi connectivity index (χ0n) is 13.3. The van der Waals surface area contributed by atoms with Crippen LogP contribution in [-0.4, -0.2) is 30.4 Å². The van der Waals surface area contributed by atoms with E-state index in [1.54, 1.807) is 0 Å². The van der Waals surface area contributed by atoms with Crippen molar-refractivity contribution in [2.24, 2.45) is 10.2 Å². The molecule has 1 saturated heterocycles. The first-order chi connectivity index (χ1) is 12.1. The summed E-state index contributed by atoms with van der Waals surface area (Å²) in [5.41, 5.74) is -2.09. The normalized spacial score (nSPS) is 18.0. The van der Waals surface area contributed by atoms with Gasteiger partial charge in [-0.15, -0.1) is 5.10 Å². The summed E-state index contributed by atoms with van der Waals surface area (Å²) >= 11 is 0.735. The molecular weight excluding hydrogens is 378 g/mol. The van der Waals surface area contributed by atoms with Crippen LogP contribution in [0, 0.1) is 12.7 Å². The van der Waals surface area contributed by atoms with Crippen molar-refractivity contribution in [3.05, 3.63) is 45.6 Å². The Balaban J connectivity index is 2.29. The number of hydrogen-bond acceptors (Lipinski definition) is 6. The number of rotatable bonds is 3. The summed E-state index contributed by atoms with van der Waals surface area (Å²) in [4.78, 5) is 22.7. The van der Waals surface area contributed by atoms with Crippen molar-refractivity contribution in [3.8, 4) is 0 Å². The number of esters is 1. The number of ether oxygens (including phenoxy) is 1. The molecule has 0 bridgehead atoms. The Hall–Kier alpha value is -2.69. The van der Waals surface area contributed by atoms with Gasteiger partial charge in [0.05, 0.1) is 23.8 Å². The van der Waals surface area contributed by atoms with Gasteiger partial charge >= 0.3 is 12.1 Å². The van der Waals surface area contributed by atoms with E-state index in [0.29, 0.717) is 6.21 Å². The molecule has 1 aromatic carbocycles. The maximum absolute atomic E-state index is 13.8. The number of nitrogens with zero attached hydrogens (tertiary/aromatic N) is 2. The fourth-order valence-electron chi connectivity index (χ4n) is 1.99. The van der Waals surface area contributed by atoms with Crippen LogP contribution in [0.4, 0.5) is 17.6 Å². The number of hydrogen-bond donors (Lipinski definition) is 1. The molecule has 0 unspecified atom stereocenters. The molecule has 0 radical (unpaired) electrons. The van der Waals surface area contributed by atoms with E-state index < -0.39 is 35.0 Å². The number of benzene rings is 1. The minimum atomic E-state index is -4.77. The van der Waals surface area contributed by atoms with Crippen LogP contribution in [0.1, 0.15) is 16.7 Å². The number of nitrogens with one attached hydrogen (secondary N) is 1. The SMILES string of the molecule is COC(=O)/C=C1/S/C(=N\N=Cc2c(F)ccc(C)c2C(F)(F)F)NC1=O. The number of alkyl halides is 3. The number of amides is 1. The highest BCUT2D eigenvalue weighted by molar-refractivity contribution is 8.18. The first-order valence-electron chi connectivity index (χ1n) is 6.89. The van der Waals surface area contributed by atoms with Crippen LogP contribution in [0.25, 0.3) is 0 Å². The van der Waals surface area contributed by atoms with Crippen LogP contribution >= 0.6 is 11.8 Å². The maximum Gasteiger partial charge on any atom is 0.417 e. The second-order valence-electron chi connectivity index (χ2n) is 4.89. The summed E-state index contributed by atoms with van der Waals surface area (Å²) in [5.74, 6) is -2.52. The average Bonchev–Trinajstić information content (AvgIpc) is 2.89. The molecule has 1 N–H and O–H groups in total. The Bertz CT molecular complexity index is 847. The lowest BCUT2D eigenvalue weighted by Gasteiger charge is -2.13. The molecule has 0 spiro atoms. The summed E-state index contributed by atoms with van der Waals surface area (Å²) < 4.78 is 57.5. The third-order valence-corrected chi connectivity index (χ3v) is 4.02. The van der Waals surface area contributed by atoms with Crippen molar-refractivity contribution in [1.82, 2.24) is 5.32 Å². The number of carbonyl (C=O) groups excluding carboxylic acids is 2. The van der Waals surface area contributed by atoms with Crippen molar-refractivity contribution in [1.29, 1.82) is 0 Å². The topological polar surface area (TPSA) is 80.1 Å². The molecule has 0 aromatic heterocycles. The number of carbonyl (C=O) groups is 2. The third kappa shape index (κ3) is 4.48. The lowest BCUT2D eigenvalue weighted by atomic mass is 10.0. The number of amidine groups is 1. The molecule has 1 heterocycles. The standard InChI is InChI=1S/C15H11F4N3O3S/c1-7-3-4-9(16)8(12(7)15(17,18)19)6-20-22-14-21-13(24)10(26-14)5-11(23)25-2/h3-6H,1-2H3,(H,21,22,24)/b10-5+,20-6?. The maximum atomic E-state index is 13.8. The van der Waals surface area contributed by atoms with E-state index in [1.807, 2.05) is 0 Å². The monoisotopic (exact) mass is 389 g/mol. The highest BCUT2D eigenvalue weighted by Gasteiger charge is 2.36. The van der Waals surface area contributed by atoms with Gasteiger partial charge in [0, 0.05) is 11.6 Å². The van der Waals surface area contributed by atoms with E-state index in [-0.39, 0.29) is 15.6 Å². The molecule has 0 saturated carbocycles. The highest BCUT2D eigenvalue weighted by atomic mass is 32.2. The van der Waals surface area contributed by atoms with Gasteiger partial charge in [-0.05, 0) is 30.3 Å². The van der Waals surface area contributed by atoms with Gasteiger partial charge < -0.3 is 4.74 Å². The molecule has 2 rings (SSSR count). The fraction of sp³-hybridized carbons (Fsp3) is 0.200. The number of thioether (sulfide) groups is 1.